The lowest BCUT2D eigenvalue weighted by Gasteiger charge is -2.13. The van der Waals surface area contributed by atoms with Gasteiger partial charge in [-0.05, 0) is 42.2 Å². The SMILES string of the molecule is O=C(O)C(Cc1ccc(F)cc1)Cc1ccccc1Cl. The average Bonchev–Trinajstić information content (AvgIpc) is 2.42. The van der Waals surface area contributed by atoms with Crippen LogP contribution in [0.2, 0.25) is 5.02 Å². The van der Waals surface area contributed by atoms with E-state index in [2.05, 4.69) is 0 Å². The lowest BCUT2D eigenvalue weighted by Crippen LogP contribution is -2.19. The molecule has 0 amide bonds. The Balaban J connectivity index is 2.14. The quantitative estimate of drug-likeness (QED) is 0.905. The molecular formula is C16H14ClFO2. The van der Waals surface area contributed by atoms with Crippen LogP contribution in [0.1, 0.15) is 11.1 Å². The number of hydrogen-bond acceptors (Lipinski definition) is 1. The highest BCUT2D eigenvalue weighted by atomic mass is 35.5. The predicted octanol–water partition coefficient (Wildman–Crippen LogP) is 3.97. The van der Waals surface area contributed by atoms with Crippen LogP contribution in [0.15, 0.2) is 48.5 Å². The van der Waals surface area contributed by atoms with Crippen molar-refractivity contribution in [2.75, 3.05) is 0 Å². The predicted molar refractivity (Wildman–Crippen MR) is 76.4 cm³/mol. The van der Waals surface area contributed by atoms with Gasteiger partial charge in [-0.1, -0.05) is 41.9 Å². The Hall–Kier alpha value is -1.87. The van der Waals surface area contributed by atoms with Crippen molar-refractivity contribution >= 4 is 17.6 Å². The Bertz CT molecular complexity index is 596. The molecule has 0 aliphatic rings. The maximum absolute atomic E-state index is 12.8. The second-order valence-electron chi connectivity index (χ2n) is 4.66. The molecule has 0 saturated heterocycles. The highest BCUT2D eigenvalue weighted by molar-refractivity contribution is 6.31. The molecule has 1 N–H and O–H groups in total. The molecule has 0 aliphatic carbocycles. The van der Waals surface area contributed by atoms with Crippen LogP contribution >= 0.6 is 11.6 Å². The van der Waals surface area contributed by atoms with Gasteiger partial charge in [-0.3, -0.25) is 4.79 Å². The van der Waals surface area contributed by atoms with E-state index in [1.165, 1.54) is 12.1 Å². The van der Waals surface area contributed by atoms with E-state index in [9.17, 15) is 14.3 Å². The summed E-state index contributed by atoms with van der Waals surface area (Å²) in [5.74, 6) is -1.79. The molecule has 0 bridgehead atoms. The highest BCUT2D eigenvalue weighted by Gasteiger charge is 2.19. The zero-order valence-electron chi connectivity index (χ0n) is 10.7. The molecule has 0 radical (unpaired) electrons. The minimum atomic E-state index is -0.880. The van der Waals surface area contributed by atoms with Crippen LogP contribution in [0.5, 0.6) is 0 Å². The summed E-state index contributed by atoms with van der Waals surface area (Å²) in [6.07, 6.45) is 0.702. The molecule has 2 aromatic rings. The van der Waals surface area contributed by atoms with Gasteiger partial charge in [0.25, 0.3) is 0 Å². The fraction of sp³-hybridized carbons (Fsp3) is 0.188. The number of hydrogen-bond donors (Lipinski definition) is 1. The van der Waals surface area contributed by atoms with Gasteiger partial charge in [0.15, 0.2) is 0 Å². The number of aliphatic carboxylic acids is 1. The zero-order chi connectivity index (χ0) is 14.5. The topological polar surface area (TPSA) is 37.3 Å². The van der Waals surface area contributed by atoms with Crippen molar-refractivity contribution in [2.24, 2.45) is 5.92 Å². The Labute approximate surface area is 121 Å². The molecular weight excluding hydrogens is 279 g/mol. The van der Waals surface area contributed by atoms with E-state index in [0.29, 0.717) is 17.9 Å². The number of benzene rings is 2. The Kier molecular flexibility index (Phi) is 4.74. The van der Waals surface area contributed by atoms with Crippen LogP contribution in [0.25, 0.3) is 0 Å². The van der Waals surface area contributed by atoms with Crippen LogP contribution in [0.3, 0.4) is 0 Å². The van der Waals surface area contributed by atoms with Crippen molar-refractivity contribution in [2.45, 2.75) is 12.8 Å². The van der Waals surface area contributed by atoms with E-state index in [1.54, 1.807) is 18.2 Å². The van der Waals surface area contributed by atoms with Gasteiger partial charge in [0.2, 0.25) is 0 Å². The van der Waals surface area contributed by atoms with Gasteiger partial charge >= 0.3 is 5.97 Å². The zero-order valence-corrected chi connectivity index (χ0v) is 11.5. The Morgan fingerprint density at radius 2 is 1.75 bits per heavy atom. The minimum Gasteiger partial charge on any atom is -0.481 e. The molecule has 2 nitrogen and oxygen atoms in total. The van der Waals surface area contributed by atoms with Crippen molar-refractivity contribution < 1.29 is 14.3 Å². The van der Waals surface area contributed by atoms with E-state index in [0.717, 1.165) is 11.1 Å². The summed E-state index contributed by atoms with van der Waals surface area (Å²) >= 11 is 6.05. The van der Waals surface area contributed by atoms with E-state index < -0.39 is 11.9 Å². The molecule has 0 fully saturated rings. The number of rotatable bonds is 5. The first-order valence-corrected chi connectivity index (χ1v) is 6.64. The smallest absolute Gasteiger partial charge is 0.307 e. The van der Waals surface area contributed by atoms with E-state index in [-0.39, 0.29) is 5.82 Å². The van der Waals surface area contributed by atoms with Gasteiger partial charge in [-0.25, -0.2) is 4.39 Å². The third-order valence-electron chi connectivity index (χ3n) is 3.17. The van der Waals surface area contributed by atoms with E-state index in [4.69, 9.17) is 11.6 Å². The third-order valence-corrected chi connectivity index (χ3v) is 3.54. The summed E-state index contributed by atoms with van der Waals surface area (Å²) in [7, 11) is 0. The van der Waals surface area contributed by atoms with Gasteiger partial charge in [0.1, 0.15) is 5.82 Å². The highest BCUT2D eigenvalue weighted by Crippen LogP contribution is 2.21. The van der Waals surface area contributed by atoms with Crippen LogP contribution in [0.4, 0.5) is 4.39 Å². The fourth-order valence-corrected chi connectivity index (χ4v) is 2.29. The monoisotopic (exact) mass is 292 g/mol. The number of carboxylic acids is 1. The molecule has 1 unspecified atom stereocenters. The minimum absolute atomic E-state index is 0.327. The normalized spacial score (nSPS) is 12.1. The standard InChI is InChI=1S/C16H14ClFO2/c17-15-4-2-1-3-12(15)10-13(16(19)20)9-11-5-7-14(18)8-6-11/h1-8,13H,9-10H2,(H,19,20). The summed E-state index contributed by atoms with van der Waals surface area (Å²) in [6.45, 7) is 0. The first-order chi connectivity index (χ1) is 9.56. The molecule has 2 rings (SSSR count). The maximum Gasteiger partial charge on any atom is 0.307 e. The molecule has 1 atom stereocenters. The van der Waals surface area contributed by atoms with Crippen molar-refractivity contribution in [1.29, 1.82) is 0 Å². The Morgan fingerprint density at radius 3 is 2.35 bits per heavy atom. The lowest BCUT2D eigenvalue weighted by molar-refractivity contribution is -0.141. The molecule has 2 aromatic carbocycles. The molecule has 0 spiro atoms. The number of carbonyl (C=O) groups is 1. The lowest BCUT2D eigenvalue weighted by atomic mass is 9.92. The first kappa shape index (κ1) is 14.5. The summed E-state index contributed by atoms with van der Waals surface area (Å²) in [6, 6.07) is 13.1. The summed E-state index contributed by atoms with van der Waals surface area (Å²) < 4.78 is 12.8. The van der Waals surface area contributed by atoms with Gasteiger partial charge in [0, 0.05) is 5.02 Å². The molecule has 0 aromatic heterocycles. The third kappa shape index (κ3) is 3.81. The van der Waals surface area contributed by atoms with Gasteiger partial charge < -0.3 is 5.11 Å². The fourth-order valence-electron chi connectivity index (χ4n) is 2.08. The molecule has 0 saturated carbocycles. The summed E-state index contributed by atoms with van der Waals surface area (Å²) in [4.78, 5) is 11.4. The van der Waals surface area contributed by atoms with Crippen LogP contribution in [-0.2, 0) is 17.6 Å². The summed E-state index contributed by atoms with van der Waals surface area (Å²) in [5.41, 5.74) is 1.61. The molecule has 20 heavy (non-hydrogen) atoms. The van der Waals surface area contributed by atoms with Crippen molar-refractivity contribution in [3.05, 3.63) is 70.5 Å². The van der Waals surface area contributed by atoms with Crippen molar-refractivity contribution in [3.63, 3.8) is 0 Å². The summed E-state index contributed by atoms with van der Waals surface area (Å²) in [5, 5.41) is 9.89. The number of carboxylic acid groups (broad SMARTS) is 1. The largest absolute Gasteiger partial charge is 0.481 e. The second kappa shape index (κ2) is 6.53. The van der Waals surface area contributed by atoms with E-state index in [1.807, 2.05) is 18.2 Å². The van der Waals surface area contributed by atoms with Crippen molar-refractivity contribution in [1.82, 2.24) is 0 Å². The molecule has 0 aliphatic heterocycles. The average molecular weight is 293 g/mol. The van der Waals surface area contributed by atoms with Gasteiger partial charge in [0.05, 0.1) is 5.92 Å². The van der Waals surface area contributed by atoms with Crippen LogP contribution < -0.4 is 0 Å². The van der Waals surface area contributed by atoms with Crippen LogP contribution in [-0.4, -0.2) is 11.1 Å². The first-order valence-electron chi connectivity index (χ1n) is 6.27. The van der Waals surface area contributed by atoms with Crippen molar-refractivity contribution in [3.8, 4) is 0 Å². The van der Waals surface area contributed by atoms with E-state index >= 15 is 0 Å². The molecule has 0 heterocycles. The second-order valence-corrected chi connectivity index (χ2v) is 5.07. The maximum atomic E-state index is 12.8. The van der Waals surface area contributed by atoms with Gasteiger partial charge in [-0.2, -0.15) is 0 Å². The van der Waals surface area contributed by atoms with Gasteiger partial charge in [-0.15, -0.1) is 0 Å². The number of halogens is 2. The Morgan fingerprint density at radius 1 is 1.10 bits per heavy atom. The molecule has 4 heteroatoms. The molecule has 104 valence electrons. The van der Waals surface area contributed by atoms with Crippen LogP contribution in [0, 0.1) is 11.7 Å².